The number of aliphatic hydroxyl groups excluding tert-OH is 1. The van der Waals surface area contributed by atoms with Crippen molar-refractivity contribution in [3.05, 3.63) is 48.0 Å². The van der Waals surface area contributed by atoms with Gasteiger partial charge in [0.1, 0.15) is 11.5 Å². The van der Waals surface area contributed by atoms with Gasteiger partial charge < -0.3 is 15.7 Å². The fourth-order valence-corrected chi connectivity index (χ4v) is 3.17. The highest BCUT2D eigenvalue weighted by Crippen LogP contribution is 2.34. The summed E-state index contributed by atoms with van der Waals surface area (Å²) in [7, 11) is 0. The number of nitrogens with zero attached hydrogens (tertiary/aromatic N) is 4. The van der Waals surface area contributed by atoms with E-state index in [0.29, 0.717) is 12.5 Å². The van der Waals surface area contributed by atoms with Crippen LogP contribution in [0, 0.1) is 5.82 Å². The van der Waals surface area contributed by atoms with E-state index >= 15 is 0 Å². The number of nitrogens with one attached hydrogen (secondary N) is 2. The lowest BCUT2D eigenvalue weighted by Crippen LogP contribution is -2.28. The molecule has 1 aliphatic heterocycles. The molecule has 1 unspecified atom stereocenters. The Hall–Kier alpha value is -2.84. The van der Waals surface area contributed by atoms with Crippen LogP contribution < -0.4 is 10.6 Å². The van der Waals surface area contributed by atoms with Crippen molar-refractivity contribution in [2.75, 3.05) is 18.5 Å². The Morgan fingerprint density at radius 2 is 2.11 bits per heavy atom. The highest BCUT2D eigenvalue weighted by molar-refractivity contribution is 5.81. The van der Waals surface area contributed by atoms with Gasteiger partial charge in [0.15, 0.2) is 0 Å². The Labute approximate surface area is 156 Å². The van der Waals surface area contributed by atoms with Gasteiger partial charge in [0.05, 0.1) is 30.1 Å². The SMILES string of the molecule is CC(CO)Nc1nccc(-c2c(-c3ccc(F)cc3)nn3c2CNCC3)n1. The maximum atomic E-state index is 13.4. The van der Waals surface area contributed by atoms with Crippen LogP contribution >= 0.6 is 0 Å². The molecule has 0 saturated carbocycles. The molecule has 1 atom stereocenters. The first-order valence-electron chi connectivity index (χ1n) is 8.93. The zero-order chi connectivity index (χ0) is 18.8. The molecule has 8 heteroatoms. The fraction of sp³-hybridized carbons (Fsp3) is 0.316. The molecule has 0 saturated heterocycles. The maximum Gasteiger partial charge on any atom is 0.223 e. The van der Waals surface area contributed by atoms with Gasteiger partial charge in [-0.25, -0.2) is 14.4 Å². The molecule has 0 bridgehead atoms. The molecule has 140 valence electrons. The van der Waals surface area contributed by atoms with E-state index in [0.717, 1.165) is 41.3 Å². The summed E-state index contributed by atoms with van der Waals surface area (Å²) in [5.74, 6) is 0.167. The number of fused-ring (bicyclic) bond motifs is 1. The van der Waals surface area contributed by atoms with Crippen molar-refractivity contribution >= 4 is 5.95 Å². The molecule has 0 spiro atoms. The molecule has 2 aromatic heterocycles. The first kappa shape index (κ1) is 17.6. The summed E-state index contributed by atoms with van der Waals surface area (Å²) in [5.41, 5.74) is 4.30. The third kappa shape index (κ3) is 3.54. The summed E-state index contributed by atoms with van der Waals surface area (Å²) < 4.78 is 15.4. The van der Waals surface area contributed by atoms with E-state index < -0.39 is 0 Å². The summed E-state index contributed by atoms with van der Waals surface area (Å²) in [5, 5.41) is 20.5. The van der Waals surface area contributed by atoms with Crippen LogP contribution in [0.1, 0.15) is 12.6 Å². The zero-order valence-corrected chi connectivity index (χ0v) is 15.0. The Morgan fingerprint density at radius 3 is 2.89 bits per heavy atom. The Balaban J connectivity index is 1.83. The lowest BCUT2D eigenvalue weighted by molar-refractivity contribution is 0.281. The number of aliphatic hydroxyl groups is 1. The summed E-state index contributed by atoms with van der Waals surface area (Å²) in [6, 6.07) is 8.02. The smallest absolute Gasteiger partial charge is 0.223 e. The first-order valence-corrected chi connectivity index (χ1v) is 8.93. The van der Waals surface area contributed by atoms with Crippen LogP contribution in [0.15, 0.2) is 36.5 Å². The average molecular weight is 368 g/mol. The van der Waals surface area contributed by atoms with Gasteiger partial charge in [-0.1, -0.05) is 0 Å². The highest BCUT2D eigenvalue weighted by Gasteiger charge is 2.23. The van der Waals surface area contributed by atoms with Crippen molar-refractivity contribution < 1.29 is 9.50 Å². The molecule has 3 N–H and O–H groups in total. The van der Waals surface area contributed by atoms with Crippen molar-refractivity contribution in [3.63, 3.8) is 0 Å². The number of halogens is 1. The van der Waals surface area contributed by atoms with Crippen molar-refractivity contribution in [2.45, 2.75) is 26.1 Å². The molecule has 1 aromatic carbocycles. The minimum absolute atomic E-state index is 0.0124. The van der Waals surface area contributed by atoms with E-state index in [2.05, 4.69) is 20.6 Å². The van der Waals surface area contributed by atoms with Crippen LogP contribution in [-0.4, -0.2) is 44.0 Å². The molecule has 7 nitrogen and oxygen atoms in total. The van der Waals surface area contributed by atoms with Crippen LogP contribution in [0.3, 0.4) is 0 Å². The third-order valence-corrected chi connectivity index (χ3v) is 4.53. The lowest BCUT2D eigenvalue weighted by Gasteiger charge is -2.16. The van der Waals surface area contributed by atoms with Gasteiger partial charge in [-0.05, 0) is 37.3 Å². The number of benzene rings is 1. The molecule has 4 rings (SSSR count). The zero-order valence-electron chi connectivity index (χ0n) is 15.0. The quantitative estimate of drug-likeness (QED) is 0.639. The molecule has 0 amide bonds. The number of hydrogen-bond acceptors (Lipinski definition) is 6. The predicted octanol–water partition coefficient (Wildman–Crippen LogP) is 2.04. The normalized spacial score (nSPS) is 14.6. The van der Waals surface area contributed by atoms with Crippen LogP contribution in [0.5, 0.6) is 0 Å². The number of aromatic nitrogens is 4. The summed E-state index contributed by atoms with van der Waals surface area (Å²) in [4.78, 5) is 8.86. The number of rotatable bonds is 5. The molecule has 0 fully saturated rings. The van der Waals surface area contributed by atoms with Crippen LogP contribution in [-0.2, 0) is 13.1 Å². The molecule has 3 aromatic rings. The van der Waals surface area contributed by atoms with E-state index in [1.165, 1.54) is 12.1 Å². The van der Waals surface area contributed by atoms with Gasteiger partial charge in [0.2, 0.25) is 5.95 Å². The minimum atomic E-state index is -0.280. The minimum Gasteiger partial charge on any atom is -0.394 e. The second-order valence-electron chi connectivity index (χ2n) is 6.57. The van der Waals surface area contributed by atoms with Gasteiger partial charge in [0, 0.05) is 30.9 Å². The Bertz CT molecular complexity index is 940. The summed E-state index contributed by atoms with van der Waals surface area (Å²) in [6.07, 6.45) is 1.68. The standard InChI is InChI=1S/C19H21FN6O/c1-12(11-27)23-19-22-7-6-15(24-19)17-16-10-21-8-9-26(16)25-18(17)13-2-4-14(20)5-3-13/h2-7,12,21,27H,8-11H2,1H3,(H,22,23,24). The molecule has 3 heterocycles. The second-order valence-corrected chi connectivity index (χ2v) is 6.57. The predicted molar refractivity (Wildman–Crippen MR) is 101 cm³/mol. The third-order valence-electron chi connectivity index (χ3n) is 4.53. The highest BCUT2D eigenvalue weighted by atomic mass is 19.1. The first-order chi connectivity index (χ1) is 13.2. The van der Waals surface area contributed by atoms with Gasteiger partial charge in [-0.3, -0.25) is 4.68 Å². The van der Waals surface area contributed by atoms with Gasteiger partial charge in [0.25, 0.3) is 0 Å². The van der Waals surface area contributed by atoms with Crippen LogP contribution in [0.25, 0.3) is 22.5 Å². The average Bonchev–Trinajstić information content (AvgIpc) is 3.08. The molecule has 1 aliphatic rings. The fourth-order valence-electron chi connectivity index (χ4n) is 3.17. The second kappa shape index (κ2) is 7.42. The van der Waals surface area contributed by atoms with Crippen molar-refractivity contribution in [2.24, 2.45) is 0 Å². The van der Waals surface area contributed by atoms with Crippen LogP contribution in [0.2, 0.25) is 0 Å². The van der Waals surface area contributed by atoms with Crippen molar-refractivity contribution in [3.8, 4) is 22.5 Å². The van der Waals surface area contributed by atoms with E-state index in [1.54, 1.807) is 18.3 Å². The number of hydrogen-bond donors (Lipinski definition) is 3. The molecular weight excluding hydrogens is 347 g/mol. The van der Waals surface area contributed by atoms with Crippen molar-refractivity contribution in [1.29, 1.82) is 0 Å². The molecular formula is C19H21FN6O. The van der Waals surface area contributed by atoms with Gasteiger partial charge in [-0.15, -0.1) is 0 Å². The van der Waals surface area contributed by atoms with E-state index in [4.69, 9.17) is 5.10 Å². The lowest BCUT2D eigenvalue weighted by atomic mass is 10.0. The molecule has 27 heavy (non-hydrogen) atoms. The summed E-state index contributed by atoms with van der Waals surface area (Å²) >= 11 is 0. The van der Waals surface area contributed by atoms with E-state index in [-0.39, 0.29) is 18.5 Å². The maximum absolute atomic E-state index is 13.4. The summed E-state index contributed by atoms with van der Waals surface area (Å²) in [6.45, 7) is 4.14. The molecule has 0 aliphatic carbocycles. The Kier molecular flexibility index (Phi) is 4.83. The monoisotopic (exact) mass is 368 g/mol. The van der Waals surface area contributed by atoms with Gasteiger partial charge >= 0.3 is 0 Å². The number of anilines is 1. The Morgan fingerprint density at radius 1 is 1.30 bits per heavy atom. The van der Waals surface area contributed by atoms with E-state index in [9.17, 15) is 9.50 Å². The molecule has 0 radical (unpaired) electrons. The van der Waals surface area contributed by atoms with E-state index in [1.807, 2.05) is 17.7 Å². The van der Waals surface area contributed by atoms with Crippen molar-refractivity contribution in [1.82, 2.24) is 25.1 Å². The van der Waals surface area contributed by atoms with Gasteiger partial charge in [-0.2, -0.15) is 5.10 Å². The van der Waals surface area contributed by atoms with Crippen LogP contribution in [0.4, 0.5) is 10.3 Å². The largest absolute Gasteiger partial charge is 0.394 e. The topological polar surface area (TPSA) is 87.9 Å².